The number of thioether (sulfide) groups is 1. The number of carbonyl (C=O) groups excluding carboxylic acids is 1. The maximum atomic E-state index is 11.8. The highest BCUT2D eigenvalue weighted by Gasteiger charge is 2.07. The predicted octanol–water partition coefficient (Wildman–Crippen LogP) is 0.349. The highest BCUT2D eigenvalue weighted by atomic mass is 32.2. The fourth-order valence-electron chi connectivity index (χ4n) is 1.92. The molecule has 3 aromatic rings. The van der Waals surface area contributed by atoms with E-state index in [0.29, 0.717) is 29.9 Å². The van der Waals surface area contributed by atoms with Crippen LogP contribution in [0.5, 0.6) is 5.88 Å². The number of aryl methyl sites for hydroxylation is 1. The molecule has 1 N–H and O–H groups in total. The van der Waals surface area contributed by atoms with Gasteiger partial charge in [-0.1, -0.05) is 17.8 Å². The second-order valence-corrected chi connectivity index (χ2v) is 5.99. The van der Waals surface area contributed by atoms with E-state index in [1.54, 1.807) is 25.4 Å². The monoisotopic (exact) mass is 372 g/mol. The van der Waals surface area contributed by atoms with Crippen molar-refractivity contribution in [2.24, 2.45) is 7.05 Å². The molecule has 0 aliphatic heterocycles. The molecule has 3 heterocycles. The fourth-order valence-corrected chi connectivity index (χ4v) is 2.60. The molecule has 0 saturated heterocycles. The van der Waals surface area contributed by atoms with Crippen LogP contribution in [-0.4, -0.2) is 60.2 Å². The average molecular weight is 372 g/mol. The molecule has 0 saturated carbocycles. The van der Waals surface area contributed by atoms with Gasteiger partial charge in [-0.2, -0.15) is 0 Å². The smallest absolute Gasteiger partial charge is 0.233 e. The number of tetrazole rings is 1. The van der Waals surface area contributed by atoms with Gasteiger partial charge in [-0.3, -0.25) is 9.78 Å². The largest absolute Gasteiger partial charge is 0.475 e. The number of ether oxygens (including phenoxy) is 1. The lowest BCUT2D eigenvalue weighted by molar-refractivity contribution is -0.118. The Balaban J connectivity index is 1.37. The number of amides is 1. The van der Waals surface area contributed by atoms with Crippen molar-refractivity contribution in [2.45, 2.75) is 5.16 Å². The molecular weight excluding hydrogens is 356 g/mol. The van der Waals surface area contributed by atoms with Crippen LogP contribution >= 0.6 is 11.8 Å². The minimum Gasteiger partial charge on any atom is -0.475 e. The van der Waals surface area contributed by atoms with Crippen LogP contribution in [-0.2, 0) is 11.8 Å². The Morgan fingerprint density at radius 3 is 2.81 bits per heavy atom. The summed E-state index contributed by atoms with van der Waals surface area (Å²) in [5.41, 5.74) is 1.41. The maximum absolute atomic E-state index is 11.8. The highest BCUT2D eigenvalue weighted by molar-refractivity contribution is 7.99. The van der Waals surface area contributed by atoms with Gasteiger partial charge in [-0.15, -0.1) is 15.3 Å². The van der Waals surface area contributed by atoms with Gasteiger partial charge in [-0.05, 0) is 28.6 Å². The van der Waals surface area contributed by atoms with Crippen LogP contribution in [0.4, 0.5) is 0 Å². The van der Waals surface area contributed by atoms with Gasteiger partial charge in [-0.25, -0.2) is 4.68 Å². The third-order valence-corrected chi connectivity index (χ3v) is 4.17. The molecule has 0 radical (unpaired) electrons. The zero-order chi connectivity index (χ0) is 18.2. The van der Waals surface area contributed by atoms with Crippen LogP contribution in [0, 0.1) is 0 Å². The van der Waals surface area contributed by atoms with Crippen LogP contribution in [0.1, 0.15) is 0 Å². The quantitative estimate of drug-likeness (QED) is 0.441. The van der Waals surface area contributed by atoms with E-state index >= 15 is 0 Å². The van der Waals surface area contributed by atoms with E-state index in [0.717, 1.165) is 5.69 Å². The van der Waals surface area contributed by atoms with E-state index in [1.807, 2.05) is 18.2 Å². The summed E-state index contributed by atoms with van der Waals surface area (Å²) < 4.78 is 6.97. The van der Waals surface area contributed by atoms with Crippen LogP contribution < -0.4 is 10.1 Å². The Kier molecular flexibility index (Phi) is 6.04. The molecular formula is C15H16N8O2S. The number of nitrogens with zero attached hydrogens (tertiary/aromatic N) is 7. The lowest BCUT2D eigenvalue weighted by Crippen LogP contribution is -2.29. The van der Waals surface area contributed by atoms with E-state index in [4.69, 9.17) is 4.74 Å². The number of carbonyl (C=O) groups is 1. The first-order valence-electron chi connectivity index (χ1n) is 7.72. The van der Waals surface area contributed by atoms with Gasteiger partial charge in [0.25, 0.3) is 0 Å². The van der Waals surface area contributed by atoms with Gasteiger partial charge in [0.2, 0.25) is 16.9 Å². The summed E-state index contributed by atoms with van der Waals surface area (Å²) in [5.74, 6) is 0.490. The first-order chi connectivity index (χ1) is 12.7. The van der Waals surface area contributed by atoms with Crippen molar-refractivity contribution in [3.05, 3.63) is 36.5 Å². The van der Waals surface area contributed by atoms with Crippen molar-refractivity contribution in [2.75, 3.05) is 18.9 Å². The summed E-state index contributed by atoms with van der Waals surface area (Å²) in [6.45, 7) is 0.652. The highest BCUT2D eigenvalue weighted by Crippen LogP contribution is 2.14. The molecule has 10 nitrogen and oxygen atoms in total. The van der Waals surface area contributed by atoms with Gasteiger partial charge in [0.15, 0.2) is 0 Å². The summed E-state index contributed by atoms with van der Waals surface area (Å²) >= 11 is 1.26. The van der Waals surface area contributed by atoms with Crippen LogP contribution in [0.15, 0.2) is 41.7 Å². The van der Waals surface area contributed by atoms with Crippen molar-refractivity contribution in [3.63, 3.8) is 0 Å². The van der Waals surface area contributed by atoms with Crippen molar-refractivity contribution < 1.29 is 9.53 Å². The Labute approximate surface area is 153 Å². The molecule has 0 aliphatic carbocycles. The third kappa shape index (κ3) is 4.96. The molecule has 0 unspecified atom stereocenters. The van der Waals surface area contributed by atoms with E-state index in [1.165, 1.54) is 16.4 Å². The van der Waals surface area contributed by atoms with Crippen LogP contribution in [0.25, 0.3) is 11.4 Å². The number of hydrogen-bond donors (Lipinski definition) is 1. The Hall–Kier alpha value is -3.08. The molecule has 134 valence electrons. The van der Waals surface area contributed by atoms with Gasteiger partial charge in [0, 0.05) is 19.3 Å². The van der Waals surface area contributed by atoms with Gasteiger partial charge < -0.3 is 10.1 Å². The minimum atomic E-state index is -0.127. The number of nitrogens with one attached hydrogen (secondary N) is 1. The molecule has 0 fully saturated rings. The first-order valence-corrected chi connectivity index (χ1v) is 8.71. The number of hydrogen-bond acceptors (Lipinski definition) is 9. The lowest BCUT2D eigenvalue weighted by atomic mass is 10.2. The maximum Gasteiger partial charge on any atom is 0.233 e. The molecule has 26 heavy (non-hydrogen) atoms. The van der Waals surface area contributed by atoms with Crippen LogP contribution in [0.2, 0.25) is 0 Å². The topological polar surface area (TPSA) is 121 Å². The van der Waals surface area contributed by atoms with Crippen molar-refractivity contribution >= 4 is 17.7 Å². The SMILES string of the molecule is Cn1nnnc1SCC(=O)NCCOc1ccc(-c2ccccn2)nn1. The zero-order valence-electron chi connectivity index (χ0n) is 13.9. The van der Waals surface area contributed by atoms with Gasteiger partial charge in [0.1, 0.15) is 12.3 Å². The Morgan fingerprint density at radius 2 is 2.12 bits per heavy atom. The van der Waals surface area contributed by atoms with E-state index in [9.17, 15) is 4.79 Å². The molecule has 3 aromatic heterocycles. The summed E-state index contributed by atoms with van der Waals surface area (Å²) in [4.78, 5) is 16.0. The van der Waals surface area contributed by atoms with Crippen molar-refractivity contribution in [3.8, 4) is 17.3 Å². The third-order valence-electron chi connectivity index (χ3n) is 3.16. The molecule has 11 heteroatoms. The van der Waals surface area contributed by atoms with Gasteiger partial charge in [0.05, 0.1) is 18.0 Å². The Bertz CT molecular complexity index is 840. The summed E-state index contributed by atoms with van der Waals surface area (Å²) in [6.07, 6.45) is 1.70. The average Bonchev–Trinajstić information content (AvgIpc) is 3.10. The molecule has 0 aromatic carbocycles. The molecule has 0 atom stereocenters. The molecule has 3 rings (SSSR count). The summed E-state index contributed by atoms with van der Waals surface area (Å²) in [6, 6.07) is 9.08. The van der Waals surface area contributed by atoms with E-state index in [2.05, 4.69) is 36.0 Å². The molecule has 0 bridgehead atoms. The minimum absolute atomic E-state index is 0.127. The standard InChI is InChI=1S/C15H16N8O2S/c1-23-15(20-21-22-23)26-10-13(24)17-8-9-25-14-6-5-12(18-19-14)11-4-2-3-7-16-11/h2-7H,8-10H2,1H3,(H,17,24). The van der Waals surface area contributed by atoms with Crippen molar-refractivity contribution in [1.29, 1.82) is 0 Å². The normalized spacial score (nSPS) is 10.5. The number of aromatic nitrogens is 7. The first kappa shape index (κ1) is 17.7. The second-order valence-electron chi connectivity index (χ2n) is 5.04. The Morgan fingerprint density at radius 1 is 1.19 bits per heavy atom. The molecule has 0 spiro atoms. The summed E-state index contributed by atoms with van der Waals surface area (Å²) in [7, 11) is 1.72. The number of rotatable bonds is 8. The van der Waals surface area contributed by atoms with Crippen LogP contribution in [0.3, 0.4) is 0 Å². The van der Waals surface area contributed by atoms with E-state index in [-0.39, 0.29) is 11.7 Å². The van der Waals surface area contributed by atoms with E-state index < -0.39 is 0 Å². The number of pyridine rings is 1. The lowest BCUT2D eigenvalue weighted by Gasteiger charge is -2.07. The predicted molar refractivity (Wildman–Crippen MR) is 93.3 cm³/mol. The van der Waals surface area contributed by atoms with Gasteiger partial charge >= 0.3 is 0 Å². The fraction of sp³-hybridized carbons (Fsp3) is 0.267. The zero-order valence-corrected chi connectivity index (χ0v) is 14.8. The molecule has 0 aliphatic rings. The summed E-state index contributed by atoms with van der Waals surface area (Å²) in [5, 5.41) is 22.4. The second kappa shape index (κ2) is 8.85. The molecule has 1 amide bonds. The van der Waals surface area contributed by atoms with Crippen molar-refractivity contribution in [1.82, 2.24) is 40.7 Å².